The number of fused-ring (bicyclic) bond motifs is 1. The smallest absolute Gasteiger partial charge is 0.309 e. The van der Waals surface area contributed by atoms with Crippen LogP contribution in [0.25, 0.3) is 0 Å². The summed E-state index contributed by atoms with van der Waals surface area (Å²) in [5, 5.41) is 20.1. The van der Waals surface area contributed by atoms with Crippen molar-refractivity contribution in [1.82, 2.24) is 0 Å². The third-order valence-corrected chi connectivity index (χ3v) is 3.96. The van der Waals surface area contributed by atoms with E-state index in [0.717, 1.165) is 0 Å². The predicted molar refractivity (Wildman–Crippen MR) is 86.4 cm³/mol. The summed E-state index contributed by atoms with van der Waals surface area (Å²) in [5.41, 5.74) is 1.08. The van der Waals surface area contributed by atoms with E-state index in [0.29, 0.717) is 24.1 Å². The summed E-state index contributed by atoms with van der Waals surface area (Å²) >= 11 is 0. The van der Waals surface area contributed by atoms with Gasteiger partial charge in [0.15, 0.2) is 0 Å². The van der Waals surface area contributed by atoms with Crippen molar-refractivity contribution in [2.45, 2.75) is 32.1 Å². The zero-order valence-electron chi connectivity index (χ0n) is 13.7. The van der Waals surface area contributed by atoms with Crippen LogP contribution < -0.4 is 4.90 Å². The van der Waals surface area contributed by atoms with Gasteiger partial charge in [-0.2, -0.15) is 0 Å². The lowest BCUT2D eigenvalue weighted by Gasteiger charge is -2.17. The van der Waals surface area contributed by atoms with Gasteiger partial charge in [-0.05, 0) is 24.0 Å². The Balaban J connectivity index is 2.27. The standard InChI is InChI=1S/C16H18N2O7/c1-25-15(22)9-10-7-11-5-6-17(13(19)3-2-4-14(20)21)16(11)12(8-10)18(23)24/h7-8H,2-6,9H2,1H3,(H,20,21). The van der Waals surface area contributed by atoms with Crippen LogP contribution in [0.5, 0.6) is 0 Å². The van der Waals surface area contributed by atoms with E-state index in [4.69, 9.17) is 5.11 Å². The minimum absolute atomic E-state index is 0.00675. The zero-order valence-corrected chi connectivity index (χ0v) is 13.7. The molecule has 1 N–H and O–H groups in total. The maximum atomic E-state index is 12.3. The maximum absolute atomic E-state index is 12.3. The maximum Gasteiger partial charge on any atom is 0.309 e. The normalized spacial score (nSPS) is 12.6. The number of anilines is 1. The first-order valence-corrected chi connectivity index (χ1v) is 7.72. The molecule has 1 heterocycles. The number of carbonyl (C=O) groups excluding carboxylic acids is 2. The Morgan fingerprint density at radius 3 is 2.64 bits per heavy atom. The number of nitrogens with zero attached hydrogens (tertiary/aromatic N) is 2. The highest BCUT2D eigenvalue weighted by atomic mass is 16.6. The monoisotopic (exact) mass is 350 g/mol. The van der Waals surface area contributed by atoms with Crippen LogP contribution in [0.15, 0.2) is 12.1 Å². The number of esters is 1. The third kappa shape index (κ3) is 4.31. The number of amides is 1. The van der Waals surface area contributed by atoms with Crippen LogP contribution in [0.4, 0.5) is 11.4 Å². The van der Waals surface area contributed by atoms with Crippen LogP contribution in [-0.4, -0.2) is 41.5 Å². The minimum atomic E-state index is -0.993. The van der Waals surface area contributed by atoms with Crippen molar-refractivity contribution in [3.05, 3.63) is 33.4 Å². The molecule has 9 nitrogen and oxygen atoms in total. The van der Waals surface area contributed by atoms with Gasteiger partial charge in [0.1, 0.15) is 5.69 Å². The number of benzene rings is 1. The van der Waals surface area contributed by atoms with Gasteiger partial charge in [-0.3, -0.25) is 24.5 Å². The van der Waals surface area contributed by atoms with Crippen LogP contribution in [0.3, 0.4) is 0 Å². The Bertz CT molecular complexity index is 729. The first kappa shape index (κ1) is 18.4. The number of aliphatic carboxylic acids is 1. The number of carboxylic acids is 1. The molecule has 0 radical (unpaired) electrons. The largest absolute Gasteiger partial charge is 0.481 e. The molecule has 0 aromatic heterocycles. The van der Waals surface area contributed by atoms with E-state index in [2.05, 4.69) is 4.74 Å². The summed E-state index contributed by atoms with van der Waals surface area (Å²) in [6.07, 6.45) is 0.403. The third-order valence-electron chi connectivity index (χ3n) is 3.96. The number of nitro groups is 1. The number of carbonyl (C=O) groups is 3. The number of hydrogen-bond acceptors (Lipinski definition) is 6. The molecule has 1 aliphatic rings. The average Bonchev–Trinajstić information content (AvgIpc) is 2.97. The van der Waals surface area contributed by atoms with E-state index < -0.39 is 16.9 Å². The van der Waals surface area contributed by atoms with Crippen molar-refractivity contribution in [2.75, 3.05) is 18.6 Å². The molecule has 0 saturated carbocycles. The molecule has 0 unspecified atom stereocenters. The molecule has 2 rings (SSSR count). The Hall–Kier alpha value is -2.97. The Morgan fingerprint density at radius 2 is 2.04 bits per heavy atom. The summed E-state index contributed by atoms with van der Waals surface area (Å²) in [6, 6.07) is 2.95. The highest BCUT2D eigenvalue weighted by molar-refractivity contribution is 5.98. The van der Waals surface area contributed by atoms with Crippen LogP contribution >= 0.6 is 0 Å². The van der Waals surface area contributed by atoms with E-state index in [1.807, 2.05) is 0 Å². The van der Waals surface area contributed by atoms with Gasteiger partial charge in [-0.1, -0.05) is 6.07 Å². The summed E-state index contributed by atoms with van der Waals surface area (Å²) < 4.78 is 4.58. The topological polar surface area (TPSA) is 127 Å². The fraction of sp³-hybridized carbons (Fsp3) is 0.438. The molecule has 0 saturated heterocycles. The lowest BCUT2D eigenvalue weighted by Crippen LogP contribution is -2.29. The molecule has 0 aliphatic carbocycles. The van der Waals surface area contributed by atoms with E-state index in [9.17, 15) is 24.5 Å². The number of carboxylic acid groups (broad SMARTS) is 1. The van der Waals surface area contributed by atoms with Gasteiger partial charge in [0.2, 0.25) is 5.91 Å². The highest BCUT2D eigenvalue weighted by Gasteiger charge is 2.33. The molecule has 134 valence electrons. The number of hydrogen-bond donors (Lipinski definition) is 1. The highest BCUT2D eigenvalue weighted by Crippen LogP contribution is 2.38. The quantitative estimate of drug-likeness (QED) is 0.448. The summed E-state index contributed by atoms with van der Waals surface area (Å²) in [5.74, 6) is -1.84. The van der Waals surface area contributed by atoms with Crippen molar-refractivity contribution in [3.63, 3.8) is 0 Å². The second-order valence-electron chi connectivity index (χ2n) is 5.68. The lowest BCUT2D eigenvalue weighted by molar-refractivity contribution is -0.384. The zero-order chi connectivity index (χ0) is 18.6. The van der Waals surface area contributed by atoms with Crippen molar-refractivity contribution in [1.29, 1.82) is 0 Å². The van der Waals surface area contributed by atoms with Crippen LogP contribution in [-0.2, 0) is 32.0 Å². The van der Waals surface area contributed by atoms with E-state index in [1.54, 1.807) is 6.07 Å². The minimum Gasteiger partial charge on any atom is -0.481 e. The average molecular weight is 350 g/mol. The molecule has 0 fully saturated rings. The molecule has 1 aromatic carbocycles. The van der Waals surface area contributed by atoms with Gasteiger partial charge in [0, 0.05) is 25.5 Å². The van der Waals surface area contributed by atoms with Crippen LogP contribution in [0.2, 0.25) is 0 Å². The van der Waals surface area contributed by atoms with E-state index in [-0.39, 0.29) is 43.0 Å². The van der Waals surface area contributed by atoms with Crippen LogP contribution in [0.1, 0.15) is 30.4 Å². The fourth-order valence-electron chi connectivity index (χ4n) is 2.84. The molecule has 0 spiro atoms. The second-order valence-corrected chi connectivity index (χ2v) is 5.68. The van der Waals surface area contributed by atoms with Gasteiger partial charge in [0.05, 0.1) is 18.5 Å². The van der Waals surface area contributed by atoms with Gasteiger partial charge in [-0.25, -0.2) is 0 Å². The molecular formula is C16H18N2O7. The summed E-state index contributed by atoms with van der Waals surface area (Å²) in [7, 11) is 1.24. The summed E-state index contributed by atoms with van der Waals surface area (Å²) in [4.78, 5) is 46.4. The molecule has 25 heavy (non-hydrogen) atoms. The number of methoxy groups -OCH3 is 1. The predicted octanol–water partition coefficient (Wildman–Crippen LogP) is 1.45. The number of rotatable bonds is 7. The SMILES string of the molecule is COC(=O)Cc1cc2c(c([N+](=O)[O-])c1)N(C(=O)CCCC(=O)O)CC2. The number of nitro benzene ring substituents is 1. The van der Waals surface area contributed by atoms with Gasteiger partial charge in [0.25, 0.3) is 5.69 Å². The van der Waals surface area contributed by atoms with Crippen molar-refractivity contribution < 1.29 is 29.2 Å². The van der Waals surface area contributed by atoms with Crippen molar-refractivity contribution >= 4 is 29.2 Å². The van der Waals surface area contributed by atoms with Crippen molar-refractivity contribution in [3.8, 4) is 0 Å². The van der Waals surface area contributed by atoms with Gasteiger partial charge >= 0.3 is 11.9 Å². The fourth-order valence-corrected chi connectivity index (χ4v) is 2.84. The summed E-state index contributed by atoms with van der Waals surface area (Å²) in [6.45, 7) is 0.295. The lowest BCUT2D eigenvalue weighted by atomic mass is 10.0. The van der Waals surface area contributed by atoms with Crippen LogP contribution in [0, 0.1) is 10.1 Å². The molecule has 0 bridgehead atoms. The van der Waals surface area contributed by atoms with E-state index in [1.165, 1.54) is 18.1 Å². The molecule has 1 amide bonds. The van der Waals surface area contributed by atoms with Gasteiger partial charge in [-0.15, -0.1) is 0 Å². The van der Waals surface area contributed by atoms with Crippen molar-refractivity contribution in [2.24, 2.45) is 0 Å². The molecule has 1 aromatic rings. The first-order chi connectivity index (χ1) is 11.8. The Kier molecular flexibility index (Phi) is 5.68. The first-order valence-electron chi connectivity index (χ1n) is 7.72. The van der Waals surface area contributed by atoms with Gasteiger partial charge < -0.3 is 14.7 Å². The number of ether oxygens (including phenoxy) is 1. The molecular weight excluding hydrogens is 332 g/mol. The molecule has 1 aliphatic heterocycles. The molecule has 0 atom stereocenters. The second kappa shape index (κ2) is 7.73. The van der Waals surface area contributed by atoms with E-state index >= 15 is 0 Å². The Labute approximate surface area is 143 Å². The Morgan fingerprint density at radius 1 is 1.32 bits per heavy atom. The molecule has 9 heteroatoms.